The van der Waals surface area contributed by atoms with Gasteiger partial charge < -0.3 is 15.4 Å². The molecule has 94 valence electrons. The molecule has 1 aromatic carbocycles. The minimum Gasteiger partial charge on any atom is -0.487 e. The molecular formula is C14H22N2O. The average molecular weight is 234 g/mol. The maximum atomic E-state index is 5.86. The predicted octanol–water partition coefficient (Wildman–Crippen LogP) is 2.32. The van der Waals surface area contributed by atoms with Crippen molar-refractivity contribution in [3.8, 4) is 5.75 Å². The van der Waals surface area contributed by atoms with Gasteiger partial charge in [-0.25, -0.2) is 0 Å². The molecule has 0 bridgehead atoms. The number of rotatable bonds is 4. The molecule has 1 aliphatic rings. The zero-order valence-electron chi connectivity index (χ0n) is 10.8. The van der Waals surface area contributed by atoms with Crippen molar-refractivity contribution in [1.82, 2.24) is 0 Å². The van der Waals surface area contributed by atoms with Crippen molar-refractivity contribution in [2.24, 2.45) is 5.73 Å². The summed E-state index contributed by atoms with van der Waals surface area (Å²) in [5.41, 5.74) is 8.07. The van der Waals surface area contributed by atoms with E-state index in [1.165, 1.54) is 11.3 Å². The van der Waals surface area contributed by atoms with Crippen LogP contribution in [0.2, 0.25) is 0 Å². The smallest absolute Gasteiger partial charge is 0.143 e. The van der Waals surface area contributed by atoms with Crippen LogP contribution in [-0.2, 0) is 0 Å². The summed E-state index contributed by atoms with van der Waals surface area (Å²) < 4.78 is 5.86. The van der Waals surface area contributed by atoms with Crippen molar-refractivity contribution >= 4 is 5.69 Å². The molecular weight excluding hydrogens is 212 g/mol. The molecule has 0 saturated heterocycles. The normalized spacial score (nSPS) is 18.8. The lowest BCUT2D eigenvalue weighted by atomic mass is 10.1. The average Bonchev–Trinajstić information content (AvgIpc) is 2.30. The molecule has 3 heteroatoms. The molecule has 1 aromatic rings. The van der Waals surface area contributed by atoms with E-state index in [0.29, 0.717) is 0 Å². The number of nitrogens with two attached hydrogens (primary N) is 1. The molecule has 0 aliphatic carbocycles. The number of anilines is 1. The Labute approximate surface area is 104 Å². The van der Waals surface area contributed by atoms with E-state index in [9.17, 15) is 0 Å². The summed E-state index contributed by atoms with van der Waals surface area (Å²) in [4.78, 5) is 2.42. The minimum absolute atomic E-state index is 0.267. The molecule has 2 rings (SSSR count). The fraction of sp³-hybridized carbons (Fsp3) is 0.571. The van der Waals surface area contributed by atoms with Crippen LogP contribution in [0.3, 0.4) is 0 Å². The predicted molar refractivity (Wildman–Crippen MR) is 71.8 cm³/mol. The Hall–Kier alpha value is -1.22. The van der Waals surface area contributed by atoms with Gasteiger partial charge in [-0.2, -0.15) is 0 Å². The van der Waals surface area contributed by atoms with E-state index in [1.54, 1.807) is 0 Å². The third kappa shape index (κ3) is 2.91. The second kappa shape index (κ2) is 5.41. The fourth-order valence-corrected chi connectivity index (χ4v) is 2.30. The summed E-state index contributed by atoms with van der Waals surface area (Å²) in [6.45, 7) is 7.07. The number of fused-ring (bicyclic) bond motifs is 1. The van der Waals surface area contributed by atoms with Crippen LogP contribution in [-0.4, -0.2) is 25.7 Å². The Bertz CT molecular complexity index is 378. The van der Waals surface area contributed by atoms with Crippen LogP contribution in [0.4, 0.5) is 5.69 Å². The van der Waals surface area contributed by atoms with Crippen LogP contribution in [0.15, 0.2) is 18.2 Å². The lowest BCUT2D eigenvalue weighted by Crippen LogP contribution is -2.39. The molecule has 1 heterocycles. The highest BCUT2D eigenvalue weighted by molar-refractivity contribution is 5.61. The first-order valence-electron chi connectivity index (χ1n) is 6.43. The van der Waals surface area contributed by atoms with Crippen molar-refractivity contribution in [2.75, 3.05) is 24.5 Å². The summed E-state index contributed by atoms with van der Waals surface area (Å²) in [6.07, 6.45) is 2.51. The Kier molecular flexibility index (Phi) is 3.89. The SMILES string of the molecule is Cc1ccc2c(c1)N(CCCCN)CC(C)O2. The Balaban J connectivity index is 2.14. The van der Waals surface area contributed by atoms with E-state index < -0.39 is 0 Å². The maximum Gasteiger partial charge on any atom is 0.143 e. The molecule has 0 amide bonds. The molecule has 0 fully saturated rings. The van der Waals surface area contributed by atoms with Crippen LogP contribution in [0, 0.1) is 6.92 Å². The topological polar surface area (TPSA) is 38.5 Å². The van der Waals surface area contributed by atoms with Gasteiger partial charge in [0, 0.05) is 6.54 Å². The Morgan fingerprint density at radius 2 is 2.24 bits per heavy atom. The van der Waals surface area contributed by atoms with Gasteiger partial charge in [0.15, 0.2) is 0 Å². The lowest BCUT2D eigenvalue weighted by Gasteiger charge is -2.35. The first-order chi connectivity index (χ1) is 8.20. The summed E-state index contributed by atoms with van der Waals surface area (Å²) in [7, 11) is 0. The molecule has 0 saturated carbocycles. The number of benzene rings is 1. The highest BCUT2D eigenvalue weighted by atomic mass is 16.5. The van der Waals surface area contributed by atoms with Crippen molar-refractivity contribution in [3.05, 3.63) is 23.8 Å². The van der Waals surface area contributed by atoms with Gasteiger partial charge in [0.2, 0.25) is 0 Å². The number of unbranched alkanes of at least 4 members (excludes halogenated alkanes) is 1. The first-order valence-corrected chi connectivity index (χ1v) is 6.43. The third-order valence-electron chi connectivity index (χ3n) is 3.14. The number of ether oxygens (including phenoxy) is 1. The Morgan fingerprint density at radius 3 is 3.00 bits per heavy atom. The third-order valence-corrected chi connectivity index (χ3v) is 3.14. The van der Waals surface area contributed by atoms with Crippen LogP contribution >= 0.6 is 0 Å². The van der Waals surface area contributed by atoms with E-state index in [4.69, 9.17) is 10.5 Å². The van der Waals surface area contributed by atoms with Gasteiger partial charge in [-0.15, -0.1) is 0 Å². The zero-order valence-corrected chi connectivity index (χ0v) is 10.8. The Morgan fingerprint density at radius 1 is 1.41 bits per heavy atom. The number of nitrogens with zero attached hydrogens (tertiary/aromatic N) is 1. The number of hydrogen-bond acceptors (Lipinski definition) is 3. The van der Waals surface area contributed by atoms with Gasteiger partial charge in [-0.1, -0.05) is 6.07 Å². The van der Waals surface area contributed by atoms with Gasteiger partial charge in [0.1, 0.15) is 11.9 Å². The second-order valence-electron chi connectivity index (χ2n) is 4.84. The van der Waals surface area contributed by atoms with Gasteiger partial charge in [0.05, 0.1) is 12.2 Å². The van der Waals surface area contributed by atoms with Crippen LogP contribution in [0.1, 0.15) is 25.3 Å². The molecule has 1 unspecified atom stereocenters. The van der Waals surface area contributed by atoms with Gasteiger partial charge >= 0.3 is 0 Å². The van der Waals surface area contributed by atoms with Gasteiger partial charge in [-0.05, 0) is 50.9 Å². The summed E-state index contributed by atoms with van der Waals surface area (Å²) in [6, 6.07) is 6.40. The van der Waals surface area contributed by atoms with E-state index in [1.807, 2.05) is 0 Å². The molecule has 1 atom stereocenters. The molecule has 17 heavy (non-hydrogen) atoms. The molecule has 0 spiro atoms. The van der Waals surface area contributed by atoms with Crippen molar-refractivity contribution in [2.45, 2.75) is 32.8 Å². The van der Waals surface area contributed by atoms with E-state index in [0.717, 1.165) is 38.2 Å². The maximum absolute atomic E-state index is 5.86. The zero-order chi connectivity index (χ0) is 12.3. The van der Waals surface area contributed by atoms with E-state index >= 15 is 0 Å². The largest absolute Gasteiger partial charge is 0.487 e. The summed E-state index contributed by atoms with van der Waals surface area (Å²) in [5, 5.41) is 0. The second-order valence-corrected chi connectivity index (χ2v) is 4.84. The first kappa shape index (κ1) is 12.2. The standard InChI is InChI=1S/C14H22N2O/c1-11-5-6-14-13(9-11)16(8-4-3-7-15)10-12(2)17-14/h5-6,9,12H,3-4,7-8,10,15H2,1-2H3. The quantitative estimate of drug-likeness (QED) is 0.813. The minimum atomic E-state index is 0.267. The van der Waals surface area contributed by atoms with Crippen molar-refractivity contribution in [1.29, 1.82) is 0 Å². The summed E-state index contributed by atoms with van der Waals surface area (Å²) in [5.74, 6) is 1.02. The van der Waals surface area contributed by atoms with Gasteiger partial charge in [-0.3, -0.25) is 0 Å². The van der Waals surface area contributed by atoms with Crippen molar-refractivity contribution in [3.63, 3.8) is 0 Å². The van der Waals surface area contributed by atoms with Crippen LogP contribution < -0.4 is 15.4 Å². The highest BCUT2D eigenvalue weighted by Gasteiger charge is 2.22. The lowest BCUT2D eigenvalue weighted by molar-refractivity contribution is 0.212. The van der Waals surface area contributed by atoms with Crippen molar-refractivity contribution < 1.29 is 4.74 Å². The fourth-order valence-electron chi connectivity index (χ4n) is 2.30. The summed E-state index contributed by atoms with van der Waals surface area (Å²) >= 11 is 0. The van der Waals surface area contributed by atoms with E-state index in [-0.39, 0.29) is 6.10 Å². The van der Waals surface area contributed by atoms with Crippen LogP contribution in [0.5, 0.6) is 5.75 Å². The molecule has 2 N–H and O–H groups in total. The number of aryl methyl sites for hydroxylation is 1. The van der Waals surface area contributed by atoms with Crippen LogP contribution in [0.25, 0.3) is 0 Å². The molecule has 0 radical (unpaired) electrons. The van der Waals surface area contributed by atoms with Gasteiger partial charge in [0.25, 0.3) is 0 Å². The highest BCUT2D eigenvalue weighted by Crippen LogP contribution is 2.34. The van der Waals surface area contributed by atoms with E-state index in [2.05, 4.69) is 36.9 Å². The molecule has 3 nitrogen and oxygen atoms in total. The molecule has 0 aromatic heterocycles. The number of hydrogen-bond donors (Lipinski definition) is 1. The monoisotopic (exact) mass is 234 g/mol. The molecule has 1 aliphatic heterocycles.